The largest absolute Gasteiger partial charge is 0.377 e. The zero-order chi connectivity index (χ0) is 13.7. The van der Waals surface area contributed by atoms with Gasteiger partial charge >= 0.3 is 0 Å². The monoisotopic (exact) mass is 261 g/mol. The molecule has 0 saturated carbocycles. The lowest BCUT2D eigenvalue weighted by atomic mass is 10.0. The molecule has 1 aliphatic heterocycles. The molecule has 1 unspecified atom stereocenters. The lowest BCUT2D eigenvalue weighted by molar-refractivity contribution is 0.0967. The Morgan fingerprint density at radius 2 is 2.26 bits per heavy atom. The lowest BCUT2D eigenvalue weighted by Gasteiger charge is -2.11. The van der Waals surface area contributed by atoms with E-state index in [0.29, 0.717) is 12.5 Å². The molecule has 1 heterocycles. The number of ketones is 1. The molecular formula is C16H23NO2. The van der Waals surface area contributed by atoms with Crippen molar-refractivity contribution in [2.75, 3.05) is 19.7 Å². The van der Waals surface area contributed by atoms with Crippen molar-refractivity contribution in [1.82, 2.24) is 5.32 Å². The number of carbonyl (C=O) groups excluding carboxylic acids is 1. The Bertz CT molecular complexity index is 436. The number of aryl methyl sites for hydroxylation is 2. The highest BCUT2D eigenvalue weighted by Crippen LogP contribution is 2.13. The molecular weight excluding hydrogens is 238 g/mol. The first-order valence-electron chi connectivity index (χ1n) is 7.09. The summed E-state index contributed by atoms with van der Waals surface area (Å²) in [6.07, 6.45) is 3.19. The Morgan fingerprint density at radius 3 is 3.00 bits per heavy atom. The number of hydrogen-bond donors (Lipinski definition) is 1. The SMILES string of the molecule is Cc1ccc(C)c(C(=O)CCNCC2CCCO2)c1. The molecule has 0 aromatic heterocycles. The fourth-order valence-electron chi connectivity index (χ4n) is 2.44. The topological polar surface area (TPSA) is 38.3 Å². The van der Waals surface area contributed by atoms with Gasteiger partial charge in [0, 0.05) is 31.7 Å². The summed E-state index contributed by atoms with van der Waals surface area (Å²) < 4.78 is 5.53. The minimum Gasteiger partial charge on any atom is -0.377 e. The van der Waals surface area contributed by atoms with Crippen LogP contribution in [0.2, 0.25) is 0 Å². The Hall–Kier alpha value is -1.19. The van der Waals surface area contributed by atoms with E-state index in [4.69, 9.17) is 4.74 Å². The maximum absolute atomic E-state index is 12.1. The number of benzene rings is 1. The van der Waals surface area contributed by atoms with Gasteiger partial charge in [0.05, 0.1) is 6.10 Å². The molecule has 1 N–H and O–H groups in total. The number of nitrogens with one attached hydrogen (secondary N) is 1. The molecule has 3 heteroatoms. The van der Waals surface area contributed by atoms with Gasteiger partial charge in [-0.3, -0.25) is 4.79 Å². The van der Waals surface area contributed by atoms with Gasteiger partial charge in [-0.05, 0) is 38.3 Å². The summed E-state index contributed by atoms with van der Waals surface area (Å²) in [7, 11) is 0. The molecule has 1 aromatic carbocycles. The zero-order valence-electron chi connectivity index (χ0n) is 11.9. The molecule has 104 valence electrons. The number of Topliss-reactive ketones (excluding diaryl/α,β-unsaturated/α-hetero) is 1. The average molecular weight is 261 g/mol. The molecule has 1 fully saturated rings. The molecule has 0 bridgehead atoms. The van der Waals surface area contributed by atoms with Gasteiger partial charge in [-0.1, -0.05) is 17.7 Å². The molecule has 0 aliphatic carbocycles. The fourth-order valence-corrected chi connectivity index (χ4v) is 2.44. The summed E-state index contributed by atoms with van der Waals surface area (Å²) in [5.74, 6) is 0.223. The lowest BCUT2D eigenvalue weighted by Crippen LogP contribution is -2.28. The number of carbonyl (C=O) groups is 1. The highest BCUT2D eigenvalue weighted by molar-refractivity contribution is 5.97. The van der Waals surface area contributed by atoms with Crippen LogP contribution in [0.1, 0.15) is 40.7 Å². The summed E-state index contributed by atoms with van der Waals surface area (Å²) in [6.45, 7) is 6.48. The number of hydrogen-bond acceptors (Lipinski definition) is 3. The fraction of sp³-hybridized carbons (Fsp3) is 0.562. The average Bonchev–Trinajstić information content (AvgIpc) is 2.90. The molecule has 1 saturated heterocycles. The van der Waals surface area contributed by atoms with Crippen LogP contribution in [0.15, 0.2) is 18.2 Å². The highest BCUT2D eigenvalue weighted by Gasteiger charge is 2.15. The third-order valence-electron chi connectivity index (χ3n) is 3.62. The van der Waals surface area contributed by atoms with Crippen LogP contribution in [0.5, 0.6) is 0 Å². The summed E-state index contributed by atoms with van der Waals surface area (Å²) in [5.41, 5.74) is 3.06. The smallest absolute Gasteiger partial charge is 0.164 e. The highest BCUT2D eigenvalue weighted by atomic mass is 16.5. The van der Waals surface area contributed by atoms with Crippen molar-refractivity contribution >= 4 is 5.78 Å². The first-order chi connectivity index (χ1) is 9.16. The Balaban J connectivity index is 1.75. The Labute approximate surface area is 115 Å². The molecule has 1 aliphatic rings. The van der Waals surface area contributed by atoms with Crippen molar-refractivity contribution in [3.63, 3.8) is 0 Å². The molecule has 0 spiro atoms. The molecule has 2 rings (SSSR count). The van der Waals surface area contributed by atoms with Crippen LogP contribution in [0, 0.1) is 13.8 Å². The first kappa shape index (κ1) is 14.2. The normalized spacial score (nSPS) is 18.7. The van der Waals surface area contributed by atoms with Crippen LogP contribution in [0.3, 0.4) is 0 Å². The van der Waals surface area contributed by atoms with Crippen molar-refractivity contribution in [2.24, 2.45) is 0 Å². The number of ether oxygens (including phenoxy) is 1. The van der Waals surface area contributed by atoms with Crippen molar-refractivity contribution in [3.05, 3.63) is 34.9 Å². The standard InChI is InChI=1S/C16H23NO2/c1-12-5-6-13(2)15(10-12)16(18)7-8-17-11-14-4-3-9-19-14/h5-6,10,14,17H,3-4,7-9,11H2,1-2H3. The van der Waals surface area contributed by atoms with E-state index in [2.05, 4.69) is 5.32 Å². The predicted octanol–water partition coefficient (Wildman–Crippen LogP) is 2.64. The summed E-state index contributed by atoms with van der Waals surface area (Å²) >= 11 is 0. The van der Waals surface area contributed by atoms with Gasteiger partial charge in [0.2, 0.25) is 0 Å². The van der Waals surface area contributed by atoms with Crippen LogP contribution in [0.4, 0.5) is 0 Å². The zero-order valence-corrected chi connectivity index (χ0v) is 11.9. The van der Waals surface area contributed by atoms with Crippen LogP contribution in [-0.4, -0.2) is 31.6 Å². The van der Waals surface area contributed by atoms with Gasteiger partial charge in [0.25, 0.3) is 0 Å². The van der Waals surface area contributed by atoms with Crippen molar-refractivity contribution in [3.8, 4) is 0 Å². The van der Waals surface area contributed by atoms with Crippen molar-refractivity contribution < 1.29 is 9.53 Å². The quantitative estimate of drug-likeness (QED) is 0.632. The van der Waals surface area contributed by atoms with Gasteiger partial charge in [0.15, 0.2) is 5.78 Å². The van der Waals surface area contributed by atoms with Gasteiger partial charge in [0.1, 0.15) is 0 Å². The van der Waals surface area contributed by atoms with Gasteiger partial charge in [-0.15, -0.1) is 0 Å². The van der Waals surface area contributed by atoms with Crippen molar-refractivity contribution in [1.29, 1.82) is 0 Å². The third kappa shape index (κ3) is 4.15. The maximum atomic E-state index is 12.1. The van der Waals surface area contributed by atoms with Crippen LogP contribution >= 0.6 is 0 Å². The van der Waals surface area contributed by atoms with Crippen LogP contribution in [-0.2, 0) is 4.74 Å². The van der Waals surface area contributed by atoms with E-state index >= 15 is 0 Å². The van der Waals surface area contributed by atoms with E-state index in [-0.39, 0.29) is 5.78 Å². The van der Waals surface area contributed by atoms with E-state index in [9.17, 15) is 4.79 Å². The minimum absolute atomic E-state index is 0.223. The first-order valence-corrected chi connectivity index (χ1v) is 7.09. The predicted molar refractivity (Wildman–Crippen MR) is 76.7 cm³/mol. The molecule has 0 radical (unpaired) electrons. The molecule has 1 atom stereocenters. The van der Waals surface area contributed by atoms with E-state index in [1.54, 1.807) is 0 Å². The van der Waals surface area contributed by atoms with Gasteiger partial charge < -0.3 is 10.1 Å². The Kier molecular flexibility index (Phi) is 5.11. The van der Waals surface area contributed by atoms with E-state index in [0.717, 1.165) is 49.2 Å². The second-order valence-electron chi connectivity index (χ2n) is 5.33. The minimum atomic E-state index is 0.223. The maximum Gasteiger partial charge on any atom is 0.164 e. The third-order valence-corrected chi connectivity index (χ3v) is 3.62. The molecule has 0 amide bonds. The van der Waals surface area contributed by atoms with Crippen LogP contribution < -0.4 is 5.32 Å². The van der Waals surface area contributed by atoms with Crippen molar-refractivity contribution in [2.45, 2.75) is 39.2 Å². The number of rotatable bonds is 6. The molecule has 1 aromatic rings. The van der Waals surface area contributed by atoms with E-state index in [1.807, 2.05) is 32.0 Å². The second kappa shape index (κ2) is 6.83. The summed E-state index contributed by atoms with van der Waals surface area (Å²) in [4.78, 5) is 12.1. The Morgan fingerprint density at radius 1 is 1.42 bits per heavy atom. The van der Waals surface area contributed by atoms with E-state index < -0.39 is 0 Å². The van der Waals surface area contributed by atoms with Gasteiger partial charge in [-0.2, -0.15) is 0 Å². The molecule has 3 nitrogen and oxygen atoms in total. The molecule has 19 heavy (non-hydrogen) atoms. The van der Waals surface area contributed by atoms with Gasteiger partial charge in [-0.25, -0.2) is 0 Å². The van der Waals surface area contributed by atoms with E-state index in [1.165, 1.54) is 0 Å². The summed E-state index contributed by atoms with van der Waals surface area (Å²) in [5, 5.41) is 3.32. The van der Waals surface area contributed by atoms with Crippen LogP contribution in [0.25, 0.3) is 0 Å². The second-order valence-corrected chi connectivity index (χ2v) is 5.33. The summed E-state index contributed by atoms with van der Waals surface area (Å²) in [6, 6.07) is 6.04.